The molecule has 2 nitrogen and oxygen atoms in total. The van der Waals surface area contributed by atoms with Crippen molar-refractivity contribution >= 4 is 17.4 Å². The third-order valence-corrected chi connectivity index (χ3v) is 3.29. The molecule has 0 radical (unpaired) electrons. The fourth-order valence-electron chi connectivity index (χ4n) is 1.99. The molecule has 0 aliphatic heterocycles. The van der Waals surface area contributed by atoms with Crippen LogP contribution in [0.1, 0.15) is 31.7 Å². The maximum Gasteiger partial charge on any atom is 0.416 e. The molecule has 0 amide bonds. The average molecular weight is 293 g/mol. The molecule has 1 aliphatic carbocycles. The highest BCUT2D eigenvalue weighted by Crippen LogP contribution is 2.35. The van der Waals surface area contributed by atoms with Gasteiger partial charge in [0.25, 0.3) is 0 Å². The predicted molar refractivity (Wildman–Crippen MR) is 69.5 cm³/mol. The second kappa shape index (κ2) is 5.57. The molecule has 0 spiro atoms. The summed E-state index contributed by atoms with van der Waals surface area (Å²) in [5.41, 5.74) is -0.737. The maximum atomic E-state index is 12.8. The number of halogens is 4. The van der Waals surface area contributed by atoms with E-state index in [1.54, 1.807) is 0 Å². The van der Waals surface area contributed by atoms with Crippen LogP contribution in [-0.2, 0) is 6.18 Å². The maximum absolute atomic E-state index is 12.8. The van der Waals surface area contributed by atoms with E-state index in [4.69, 9.17) is 11.6 Å². The predicted octanol–water partition coefficient (Wildman–Crippen LogP) is 4.38. The van der Waals surface area contributed by atoms with E-state index >= 15 is 0 Å². The van der Waals surface area contributed by atoms with Crippen LogP contribution in [-0.4, -0.2) is 18.1 Å². The molecular weight excluding hydrogens is 277 g/mol. The average Bonchev–Trinajstić information content (AvgIpc) is 3.10. The van der Waals surface area contributed by atoms with Gasteiger partial charge >= 0.3 is 6.18 Å². The minimum Gasteiger partial charge on any atom is -0.356 e. The summed E-state index contributed by atoms with van der Waals surface area (Å²) in [6, 6.07) is 1.95. The van der Waals surface area contributed by atoms with Crippen molar-refractivity contribution in [3.8, 4) is 0 Å². The number of nitrogens with zero attached hydrogens (tertiary/aromatic N) is 2. The number of anilines is 1. The van der Waals surface area contributed by atoms with Gasteiger partial charge < -0.3 is 4.90 Å². The molecule has 1 saturated carbocycles. The van der Waals surface area contributed by atoms with Gasteiger partial charge in [-0.25, -0.2) is 4.98 Å². The zero-order valence-corrected chi connectivity index (χ0v) is 11.4. The van der Waals surface area contributed by atoms with E-state index in [2.05, 4.69) is 4.98 Å². The van der Waals surface area contributed by atoms with Gasteiger partial charge in [-0.15, -0.1) is 0 Å². The quantitative estimate of drug-likeness (QED) is 0.749. The molecule has 1 heterocycles. The van der Waals surface area contributed by atoms with Gasteiger partial charge in [-0.3, -0.25) is 0 Å². The standard InChI is InChI=1S/C13H16ClF3N2/c1-2-5-19(8-9-3-4-9)12-7-10(13(15,16)17)6-11(14)18-12/h6-7,9H,2-5,8H2,1H3. The van der Waals surface area contributed by atoms with Crippen molar-refractivity contribution in [2.24, 2.45) is 5.92 Å². The molecule has 0 bridgehead atoms. The Morgan fingerprint density at radius 2 is 2.05 bits per heavy atom. The van der Waals surface area contributed by atoms with Crippen molar-refractivity contribution in [3.63, 3.8) is 0 Å². The molecule has 19 heavy (non-hydrogen) atoms. The van der Waals surface area contributed by atoms with Crippen LogP contribution in [0.25, 0.3) is 0 Å². The van der Waals surface area contributed by atoms with E-state index in [-0.39, 0.29) is 5.15 Å². The number of hydrogen-bond acceptors (Lipinski definition) is 2. The minimum absolute atomic E-state index is 0.110. The first-order valence-corrected chi connectivity index (χ1v) is 6.77. The highest BCUT2D eigenvalue weighted by atomic mass is 35.5. The Hall–Kier alpha value is -0.970. The van der Waals surface area contributed by atoms with E-state index in [1.165, 1.54) is 0 Å². The van der Waals surface area contributed by atoms with Crippen LogP contribution >= 0.6 is 11.6 Å². The third-order valence-electron chi connectivity index (χ3n) is 3.10. The summed E-state index contributed by atoms with van der Waals surface area (Å²) in [4.78, 5) is 5.94. The molecule has 106 valence electrons. The SMILES string of the molecule is CCCN(CC1CC1)c1cc(C(F)(F)F)cc(Cl)n1. The summed E-state index contributed by atoms with van der Waals surface area (Å²) < 4.78 is 38.3. The van der Waals surface area contributed by atoms with Crippen LogP contribution in [0.5, 0.6) is 0 Å². The molecule has 1 aromatic rings. The van der Waals surface area contributed by atoms with Crippen molar-refractivity contribution in [1.29, 1.82) is 0 Å². The van der Waals surface area contributed by atoms with Gasteiger partial charge in [0, 0.05) is 13.1 Å². The van der Waals surface area contributed by atoms with Crippen LogP contribution in [0.3, 0.4) is 0 Å². The van der Waals surface area contributed by atoms with Crippen LogP contribution < -0.4 is 4.90 Å². The molecule has 0 N–H and O–H groups in total. The van der Waals surface area contributed by atoms with E-state index in [1.807, 2.05) is 11.8 Å². The fourth-order valence-corrected chi connectivity index (χ4v) is 2.19. The van der Waals surface area contributed by atoms with Crippen LogP contribution in [0.15, 0.2) is 12.1 Å². The van der Waals surface area contributed by atoms with Crippen LogP contribution in [0.2, 0.25) is 5.15 Å². The van der Waals surface area contributed by atoms with Crippen molar-refractivity contribution in [3.05, 3.63) is 22.8 Å². The Bertz CT molecular complexity index is 444. The van der Waals surface area contributed by atoms with Gasteiger partial charge in [-0.2, -0.15) is 13.2 Å². The largest absolute Gasteiger partial charge is 0.416 e. The molecule has 0 saturated heterocycles. The molecule has 0 unspecified atom stereocenters. The summed E-state index contributed by atoms with van der Waals surface area (Å²) in [5.74, 6) is 0.912. The lowest BCUT2D eigenvalue weighted by atomic mass is 10.2. The minimum atomic E-state index is -4.39. The molecule has 0 aromatic carbocycles. The summed E-state index contributed by atoms with van der Waals surface area (Å²) in [6.45, 7) is 3.45. The Morgan fingerprint density at radius 1 is 1.37 bits per heavy atom. The van der Waals surface area contributed by atoms with Crippen LogP contribution in [0, 0.1) is 5.92 Å². The van der Waals surface area contributed by atoms with E-state index in [0.717, 1.165) is 37.9 Å². The number of hydrogen-bond donors (Lipinski definition) is 0. The highest BCUT2D eigenvalue weighted by Gasteiger charge is 2.32. The Labute approximate surface area is 115 Å². The summed E-state index contributed by atoms with van der Waals surface area (Å²) >= 11 is 5.71. The molecule has 2 rings (SSSR count). The lowest BCUT2D eigenvalue weighted by molar-refractivity contribution is -0.137. The zero-order chi connectivity index (χ0) is 14.0. The van der Waals surface area contributed by atoms with Crippen molar-refractivity contribution < 1.29 is 13.2 Å². The second-order valence-corrected chi connectivity index (χ2v) is 5.31. The summed E-state index contributed by atoms with van der Waals surface area (Å²) in [5, 5.41) is -0.110. The number of rotatable bonds is 5. The molecule has 0 atom stereocenters. The Balaban J connectivity index is 2.27. The summed E-state index contributed by atoms with van der Waals surface area (Å²) in [6.07, 6.45) is -1.24. The molecule has 1 fully saturated rings. The van der Waals surface area contributed by atoms with Gasteiger partial charge in [-0.1, -0.05) is 18.5 Å². The Morgan fingerprint density at radius 3 is 2.58 bits per heavy atom. The van der Waals surface area contributed by atoms with Gasteiger partial charge in [0.05, 0.1) is 5.56 Å². The number of alkyl halides is 3. The van der Waals surface area contributed by atoms with Gasteiger partial charge in [-0.05, 0) is 37.3 Å². The monoisotopic (exact) mass is 292 g/mol. The normalized spacial score (nSPS) is 15.6. The lowest BCUT2D eigenvalue weighted by Gasteiger charge is -2.24. The smallest absolute Gasteiger partial charge is 0.356 e. The third kappa shape index (κ3) is 4.00. The molecule has 6 heteroatoms. The van der Waals surface area contributed by atoms with E-state index < -0.39 is 11.7 Å². The topological polar surface area (TPSA) is 16.1 Å². The molecular formula is C13H16ClF3N2. The van der Waals surface area contributed by atoms with Gasteiger partial charge in [0.2, 0.25) is 0 Å². The molecule has 1 aliphatic rings. The van der Waals surface area contributed by atoms with E-state index in [9.17, 15) is 13.2 Å². The van der Waals surface area contributed by atoms with Crippen LogP contribution in [0.4, 0.5) is 19.0 Å². The van der Waals surface area contributed by atoms with Crippen molar-refractivity contribution in [2.75, 3.05) is 18.0 Å². The van der Waals surface area contributed by atoms with Crippen molar-refractivity contribution in [1.82, 2.24) is 4.98 Å². The number of aromatic nitrogens is 1. The fraction of sp³-hybridized carbons (Fsp3) is 0.615. The number of pyridine rings is 1. The lowest BCUT2D eigenvalue weighted by Crippen LogP contribution is -2.28. The van der Waals surface area contributed by atoms with Crippen molar-refractivity contribution in [2.45, 2.75) is 32.4 Å². The first kappa shape index (κ1) is 14.4. The van der Waals surface area contributed by atoms with E-state index in [0.29, 0.717) is 18.3 Å². The van der Waals surface area contributed by atoms with Gasteiger partial charge in [0.15, 0.2) is 0 Å². The highest BCUT2D eigenvalue weighted by molar-refractivity contribution is 6.29. The zero-order valence-electron chi connectivity index (χ0n) is 10.7. The van der Waals surface area contributed by atoms with Gasteiger partial charge in [0.1, 0.15) is 11.0 Å². The first-order valence-electron chi connectivity index (χ1n) is 6.40. The molecule has 1 aromatic heterocycles. The first-order chi connectivity index (χ1) is 8.90. The second-order valence-electron chi connectivity index (χ2n) is 4.92. The summed E-state index contributed by atoms with van der Waals surface area (Å²) in [7, 11) is 0. The Kier molecular flexibility index (Phi) is 4.23.